The Morgan fingerprint density at radius 3 is 3.06 bits per heavy atom. The van der Waals surface area contributed by atoms with Gasteiger partial charge in [-0.1, -0.05) is 0 Å². The smallest absolute Gasteiger partial charge is 0.257 e. The van der Waals surface area contributed by atoms with Crippen LogP contribution in [0, 0.1) is 0 Å². The van der Waals surface area contributed by atoms with Crippen LogP contribution in [-0.2, 0) is 0 Å². The van der Waals surface area contributed by atoms with Gasteiger partial charge >= 0.3 is 0 Å². The number of hydrogen-bond acceptors (Lipinski definition) is 3. The van der Waals surface area contributed by atoms with Crippen molar-refractivity contribution < 1.29 is 4.79 Å². The second-order valence-electron chi connectivity index (χ2n) is 3.94. The number of hydrogen-bond donors (Lipinski definition) is 3. The standard InChI is InChI=1S/C11H15N3O2/c15-10-3-5-13-7-9(10)11(16)14-8-2-1-4-12-6-8/h3,5,7-8,12H,1-2,4,6H2,(H,13,15)(H,14,16). The zero-order valence-corrected chi connectivity index (χ0v) is 8.95. The number of nitrogens with one attached hydrogen (secondary N) is 3. The number of aromatic nitrogens is 1. The van der Waals surface area contributed by atoms with E-state index in [-0.39, 0.29) is 22.9 Å². The van der Waals surface area contributed by atoms with E-state index in [1.807, 2.05) is 0 Å². The largest absolute Gasteiger partial charge is 0.367 e. The van der Waals surface area contributed by atoms with Gasteiger partial charge in [0.15, 0.2) is 5.43 Å². The molecule has 0 aromatic carbocycles. The first-order chi connectivity index (χ1) is 7.77. The molecule has 2 heterocycles. The number of rotatable bonds is 2. The van der Waals surface area contributed by atoms with Gasteiger partial charge in [-0.25, -0.2) is 0 Å². The van der Waals surface area contributed by atoms with Crippen LogP contribution in [0.5, 0.6) is 0 Å². The third kappa shape index (κ3) is 2.49. The maximum absolute atomic E-state index is 11.8. The Hall–Kier alpha value is -1.62. The number of piperidine rings is 1. The molecule has 1 fully saturated rings. The molecule has 0 saturated carbocycles. The molecule has 0 radical (unpaired) electrons. The topological polar surface area (TPSA) is 74.0 Å². The summed E-state index contributed by atoms with van der Waals surface area (Å²) in [5, 5.41) is 6.06. The van der Waals surface area contributed by atoms with Gasteiger partial charge in [0.2, 0.25) is 0 Å². The highest BCUT2D eigenvalue weighted by Crippen LogP contribution is 2.02. The molecule has 1 aromatic rings. The van der Waals surface area contributed by atoms with Gasteiger partial charge in [-0.15, -0.1) is 0 Å². The summed E-state index contributed by atoms with van der Waals surface area (Å²) in [6, 6.07) is 1.48. The highest BCUT2D eigenvalue weighted by atomic mass is 16.2. The Labute approximate surface area is 93.3 Å². The molecular weight excluding hydrogens is 206 g/mol. The summed E-state index contributed by atoms with van der Waals surface area (Å²) in [7, 11) is 0. The number of aromatic amines is 1. The zero-order chi connectivity index (χ0) is 11.4. The van der Waals surface area contributed by atoms with E-state index in [1.165, 1.54) is 18.5 Å². The van der Waals surface area contributed by atoms with Gasteiger partial charge < -0.3 is 15.6 Å². The van der Waals surface area contributed by atoms with Crippen molar-refractivity contribution in [2.45, 2.75) is 18.9 Å². The SMILES string of the molecule is O=C(NC1CCCNC1)c1c[nH]ccc1=O. The fraction of sp³-hybridized carbons (Fsp3) is 0.455. The molecule has 1 aromatic heterocycles. The highest BCUT2D eigenvalue weighted by Gasteiger charge is 2.17. The number of H-pyrrole nitrogens is 1. The van der Waals surface area contributed by atoms with Crippen molar-refractivity contribution in [3.05, 3.63) is 34.2 Å². The molecule has 1 aliphatic rings. The summed E-state index contributed by atoms with van der Waals surface area (Å²) in [6.07, 6.45) is 4.97. The van der Waals surface area contributed by atoms with Crippen molar-refractivity contribution >= 4 is 5.91 Å². The summed E-state index contributed by atoms with van der Waals surface area (Å²) in [5.41, 5.74) is -0.0758. The molecular formula is C11H15N3O2. The molecule has 0 bridgehead atoms. The molecule has 1 unspecified atom stereocenters. The first-order valence-electron chi connectivity index (χ1n) is 5.46. The van der Waals surface area contributed by atoms with E-state index in [0.717, 1.165) is 25.9 Å². The lowest BCUT2D eigenvalue weighted by molar-refractivity contribution is 0.0929. The Bertz CT molecular complexity index is 421. The van der Waals surface area contributed by atoms with E-state index in [4.69, 9.17) is 0 Å². The fourth-order valence-electron chi connectivity index (χ4n) is 1.83. The number of carbonyl (C=O) groups is 1. The Morgan fingerprint density at radius 1 is 1.50 bits per heavy atom. The van der Waals surface area contributed by atoms with E-state index in [9.17, 15) is 9.59 Å². The second-order valence-corrected chi connectivity index (χ2v) is 3.94. The summed E-state index contributed by atoms with van der Waals surface area (Å²) in [5.74, 6) is -0.296. The van der Waals surface area contributed by atoms with E-state index in [2.05, 4.69) is 15.6 Å². The molecule has 1 atom stereocenters. The van der Waals surface area contributed by atoms with Gasteiger partial charge in [0, 0.05) is 31.0 Å². The lowest BCUT2D eigenvalue weighted by atomic mass is 10.1. The van der Waals surface area contributed by atoms with Gasteiger partial charge in [0.05, 0.1) is 0 Å². The van der Waals surface area contributed by atoms with Crippen LogP contribution >= 0.6 is 0 Å². The van der Waals surface area contributed by atoms with E-state index < -0.39 is 0 Å². The van der Waals surface area contributed by atoms with Gasteiger partial charge in [0.1, 0.15) is 5.56 Å². The first-order valence-corrected chi connectivity index (χ1v) is 5.46. The van der Waals surface area contributed by atoms with Gasteiger partial charge in [-0.2, -0.15) is 0 Å². The highest BCUT2D eigenvalue weighted by molar-refractivity contribution is 5.93. The average Bonchev–Trinajstić information content (AvgIpc) is 2.31. The molecule has 16 heavy (non-hydrogen) atoms. The van der Waals surface area contributed by atoms with Crippen LogP contribution in [0.15, 0.2) is 23.3 Å². The lowest BCUT2D eigenvalue weighted by Gasteiger charge is -2.23. The third-order valence-corrected chi connectivity index (χ3v) is 2.70. The number of carbonyl (C=O) groups excluding carboxylic acids is 1. The molecule has 0 spiro atoms. The van der Waals surface area contributed by atoms with Crippen LogP contribution < -0.4 is 16.1 Å². The van der Waals surface area contributed by atoms with Crippen molar-refractivity contribution in [2.24, 2.45) is 0 Å². The molecule has 1 amide bonds. The van der Waals surface area contributed by atoms with Crippen molar-refractivity contribution in [3.8, 4) is 0 Å². The number of amides is 1. The van der Waals surface area contributed by atoms with E-state index in [0.29, 0.717) is 0 Å². The molecule has 3 N–H and O–H groups in total. The van der Waals surface area contributed by atoms with Crippen LogP contribution in [0.2, 0.25) is 0 Å². The summed E-state index contributed by atoms with van der Waals surface area (Å²) in [4.78, 5) is 25.9. The van der Waals surface area contributed by atoms with E-state index >= 15 is 0 Å². The normalized spacial score (nSPS) is 20.4. The van der Waals surface area contributed by atoms with Gasteiger partial charge in [-0.3, -0.25) is 9.59 Å². The summed E-state index contributed by atoms with van der Waals surface area (Å²) in [6.45, 7) is 1.77. The minimum absolute atomic E-state index is 0.126. The van der Waals surface area contributed by atoms with Gasteiger partial charge in [-0.05, 0) is 19.4 Å². The average molecular weight is 221 g/mol. The first kappa shape index (κ1) is 10.9. The summed E-state index contributed by atoms with van der Waals surface area (Å²) >= 11 is 0. The molecule has 2 rings (SSSR count). The van der Waals surface area contributed by atoms with Crippen LogP contribution in [-0.4, -0.2) is 30.0 Å². The van der Waals surface area contributed by atoms with Crippen LogP contribution in [0.25, 0.3) is 0 Å². The van der Waals surface area contributed by atoms with Crippen LogP contribution in [0.1, 0.15) is 23.2 Å². The summed E-state index contributed by atoms with van der Waals surface area (Å²) < 4.78 is 0. The van der Waals surface area contributed by atoms with Crippen molar-refractivity contribution in [3.63, 3.8) is 0 Å². The fourth-order valence-corrected chi connectivity index (χ4v) is 1.83. The molecule has 5 heteroatoms. The molecule has 0 aliphatic carbocycles. The Morgan fingerprint density at radius 2 is 2.38 bits per heavy atom. The minimum atomic E-state index is -0.296. The third-order valence-electron chi connectivity index (χ3n) is 2.70. The Balaban J connectivity index is 2.02. The lowest BCUT2D eigenvalue weighted by Crippen LogP contribution is -2.46. The zero-order valence-electron chi connectivity index (χ0n) is 8.95. The Kier molecular flexibility index (Phi) is 3.36. The maximum atomic E-state index is 11.8. The van der Waals surface area contributed by atoms with Crippen molar-refractivity contribution in [1.82, 2.24) is 15.6 Å². The maximum Gasteiger partial charge on any atom is 0.257 e. The molecule has 86 valence electrons. The minimum Gasteiger partial charge on any atom is -0.367 e. The molecule has 5 nitrogen and oxygen atoms in total. The van der Waals surface area contributed by atoms with Crippen LogP contribution in [0.4, 0.5) is 0 Å². The molecule has 1 saturated heterocycles. The number of pyridine rings is 1. The second kappa shape index (κ2) is 4.94. The van der Waals surface area contributed by atoms with Crippen molar-refractivity contribution in [1.29, 1.82) is 0 Å². The van der Waals surface area contributed by atoms with E-state index in [1.54, 1.807) is 0 Å². The quantitative estimate of drug-likeness (QED) is 0.650. The monoisotopic (exact) mass is 221 g/mol. The van der Waals surface area contributed by atoms with Crippen molar-refractivity contribution in [2.75, 3.05) is 13.1 Å². The van der Waals surface area contributed by atoms with Crippen LogP contribution in [0.3, 0.4) is 0 Å². The van der Waals surface area contributed by atoms with Gasteiger partial charge in [0.25, 0.3) is 5.91 Å². The predicted molar refractivity (Wildman–Crippen MR) is 60.4 cm³/mol. The predicted octanol–water partition coefficient (Wildman–Crippen LogP) is -0.143. The molecule has 1 aliphatic heterocycles.